The highest BCUT2D eigenvalue weighted by atomic mass is 16.5. The van der Waals surface area contributed by atoms with E-state index < -0.39 is 0 Å². The Bertz CT molecular complexity index is 353. The van der Waals surface area contributed by atoms with Crippen molar-refractivity contribution in [3.63, 3.8) is 0 Å². The van der Waals surface area contributed by atoms with Crippen LogP contribution in [-0.2, 0) is 12.0 Å². The maximum atomic E-state index is 6.42. The first-order valence-corrected chi connectivity index (χ1v) is 6.80. The maximum Gasteiger partial charge on any atom is 0.226 e. The summed E-state index contributed by atoms with van der Waals surface area (Å²) in [5.41, 5.74) is 6.08. The molecule has 4 heteroatoms. The molecule has 0 unspecified atom stereocenters. The van der Waals surface area contributed by atoms with Gasteiger partial charge in [-0.1, -0.05) is 25.4 Å². The highest BCUT2D eigenvalue weighted by molar-refractivity contribution is 5.06. The summed E-state index contributed by atoms with van der Waals surface area (Å²) in [6, 6.07) is 0. The van der Waals surface area contributed by atoms with Crippen LogP contribution < -0.4 is 5.73 Å². The summed E-state index contributed by atoms with van der Waals surface area (Å²) in [5, 5.41) is 4.07. The Kier molecular flexibility index (Phi) is 3.82. The van der Waals surface area contributed by atoms with Crippen molar-refractivity contribution in [3.8, 4) is 0 Å². The summed E-state index contributed by atoms with van der Waals surface area (Å²) in [5.74, 6) is 2.27. The van der Waals surface area contributed by atoms with Gasteiger partial charge in [-0.25, -0.2) is 0 Å². The number of rotatable bonds is 4. The Hall–Kier alpha value is -0.900. The van der Waals surface area contributed by atoms with Crippen LogP contribution in [0.25, 0.3) is 0 Å². The summed E-state index contributed by atoms with van der Waals surface area (Å²) >= 11 is 0. The van der Waals surface area contributed by atoms with Crippen LogP contribution in [0.3, 0.4) is 0 Å². The Balaban J connectivity index is 2.05. The standard InChI is InChI=1S/C13H23N3O/c1-3-5-11-15-12(16-17-11)13(14)8-6-10(4-2)7-9-13/h10H,3-9,14H2,1-2H3. The molecule has 1 aromatic heterocycles. The van der Waals surface area contributed by atoms with E-state index in [1.165, 1.54) is 19.3 Å². The van der Waals surface area contributed by atoms with Gasteiger partial charge in [-0.2, -0.15) is 4.98 Å². The van der Waals surface area contributed by atoms with Crippen LogP contribution in [-0.4, -0.2) is 10.1 Å². The summed E-state index contributed by atoms with van der Waals surface area (Å²) in [6.45, 7) is 4.36. The minimum absolute atomic E-state index is 0.346. The molecule has 1 aliphatic rings. The third-order valence-electron chi connectivity index (χ3n) is 3.95. The quantitative estimate of drug-likeness (QED) is 0.874. The zero-order chi connectivity index (χ0) is 12.3. The lowest BCUT2D eigenvalue weighted by Gasteiger charge is -2.34. The molecule has 1 heterocycles. The summed E-state index contributed by atoms with van der Waals surface area (Å²) in [6.07, 6.45) is 7.46. The van der Waals surface area contributed by atoms with Crippen molar-refractivity contribution in [1.29, 1.82) is 0 Å². The van der Waals surface area contributed by atoms with Gasteiger partial charge in [0.05, 0.1) is 5.54 Å². The normalized spacial score (nSPS) is 29.5. The van der Waals surface area contributed by atoms with Crippen LogP contribution in [0, 0.1) is 5.92 Å². The van der Waals surface area contributed by atoms with Crippen LogP contribution in [0.4, 0.5) is 0 Å². The number of aromatic nitrogens is 2. The van der Waals surface area contributed by atoms with Crippen molar-refractivity contribution in [2.75, 3.05) is 0 Å². The number of aryl methyl sites for hydroxylation is 1. The molecule has 2 N–H and O–H groups in total. The summed E-state index contributed by atoms with van der Waals surface area (Å²) in [7, 11) is 0. The van der Waals surface area contributed by atoms with Gasteiger partial charge in [0, 0.05) is 6.42 Å². The molecule has 0 aliphatic heterocycles. The molecule has 1 saturated carbocycles. The maximum absolute atomic E-state index is 6.42. The zero-order valence-corrected chi connectivity index (χ0v) is 10.9. The lowest BCUT2D eigenvalue weighted by atomic mass is 9.76. The molecule has 0 saturated heterocycles. The van der Waals surface area contributed by atoms with E-state index in [9.17, 15) is 0 Å². The summed E-state index contributed by atoms with van der Waals surface area (Å²) in [4.78, 5) is 4.44. The minimum atomic E-state index is -0.346. The molecule has 0 amide bonds. The van der Waals surface area contributed by atoms with E-state index in [4.69, 9.17) is 10.3 Å². The monoisotopic (exact) mass is 237 g/mol. The number of nitrogens with zero attached hydrogens (tertiary/aromatic N) is 2. The van der Waals surface area contributed by atoms with Gasteiger partial charge in [0.1, 0.15) is 0 Å². The molecule has 1 aromatic rings. The fourth-order valence-corrected chi connectivity index (χ4v) is 2.60. The number of hydrogen-bond donors (Lipinski definition) is 1. The molecule has 2 rings (SSSR count). The van der Waals surface area contributed by atoms with Gasteiger partial charge in [0.2, 0.25) is 5.89 Å². The van der Waals surface area contributed by atoms with E-state index in [1.807, 2.05) is 0 Å². The van der Waals surface area contributed by atoms with Gasteiger partial charge >= 0.3 is 0 Å². The van der Waals surface area contributed by atoms with Crippen LogP contribution in [0.2, 0.25) is 0 Å². The molecular formula is C13H23N3O. The van der Waals surface area contributed by atoms with E-state index >= 15 is 0 Å². The number of hydrogen-bond acceptors (Lipinski definition) is 4. The van der Waals surface area contributed by atoms with Crippen molar-refractivity contribution in [3.05, 3.63) is 11.7 Å². The highest BCUT2D eigenvalue weighted by Crippen LogP contribution is 2.37. The van der Waals surface area contributed by atoms with Crippen LogP contribution >= 0.6 is 0 Å². The van der Waals surface area contributed by atoms with Crippen molar-refractivity contribution in [1.82, 2.24) is 10.1 Å². The average Bonchev–Trinajstić information content (AvgIpc) is 2.80. The van der Waals surface area contributed by atoms with Crippen LogP contribution in [0.1, 0.15) is 64.1 Å². The van der Waals surface area contributed by atoms with Gasteiger partial charge in [-0.05, 0) is 38.0 Å². The van der Waals surface area contributed by atoms with E-state index in [0.717, 1.165) is 43.3 Å². The van der Waals surface area contributed by atoms with E-state index in [2.05, 4.69) is 24.0 Å². The fraction of sp³-hybridized carbons (Fsp3) is 0.846. The Morgan fingerprint density at radius 3 is 2.65 bits per heavy atom. The molecule has 0 bridgehead atoms. The highest BCUT2D eigenvalue weighted by Gasteiger charge is 2.36. The first kappa shape index (κ1) is 12.6. The third kappa shape index (κ3) is 2.68. The smallest absolute Gasteiger partial charge is 0.226 e. The largest absolute Gasteiger partial charge is 0.339 e. The summed E-state index contributed by atoms with van der Waals surface area (Å²) < 4.78 is 5.24. The molecule has 4 nitrogen and oxygen atoms in total. The van der Waals surface area contributed by atoms with Gasteiger partial charge in [0.25, 0.3) is 0 Å². The first-order valence-electron chi connectivity index (χ1n) is 6.80. The predicted molar refractivity (Wildman–Crippen MR) is 66.4 cm³/mol. The molecule has 0 radical (unpaired) electrons. The average molecular weight is 237 g/mol. The lowest BCUT2D eigenvalue weighted by molar-refractivity contribution is 0.216. The second kappa shape index (κ2) is 5.17. The van der Waals surface area contributed by atoms with Gasteiger partial charge < -0.3 is 10.3 Å². The Labute approximate surface area is 103 Å². The molecule has 1 fully saturated rings. The van der Waals surface area contributed by atoms with Crippen molar-refractivity contribution < 1.29 is 4.52 Å². The predicted octanol–water partition coefficient (Wildman–Crippen LogP) is 2.78. The molecule has 96 valence electrons. The van der Waals surface area contributed by atoms with Crippen molar-refractivity contribution in [2.45, 2.75) is 64.3 Å². The fourth-order valence-electron chi connectivity index (χ4n) is 2.60. The van der Waals surface area contributed by atoms with Gasteiger partial charge in [0.15, 0.2) is 5.82 Å². The second-order valence-corrected chi connectivity index (χ2v) is 5.27. The second-order valence-electron chi connectivity index (χ2n) is 5.27. The Morgan fingerprint density at radius 2 is 2.06 bits per heavy atom. The molecule has 0 atom stereocenters. The van der Waals surface area contributed by atoms with Gasteiger partial charge in [-0.3, -0.25) is 0 Å². The van der Waals surface area contributed by atoms with E-state index in [0.29, 0.717) is 0 Å². The van der Waals surface area contributed by atoms with E-state index in [1.54, 1.807) is 0 Å². The number of nitrogens with two attached hydrogens (primary N) is 1. The lowest BCUT2D eigenvalue weighted by Crippen LogP contribution is -2.41. The molecule has 1 aliphatic carbocycles. The Morgan fingerprint density at radius 1 is 1.35 bits per heavy atom. The zero-order valence-electron chi connectivity index (χ0n) is 10.9. The minimum Gasteiger partial charge on any atom is -0.339 e. The van der Waals surface area contributed by atoms with Crippen molar-refractivity contribution >= 4 is 0 Å². The third-order valence-corrected chi connectivity index (χ3v) is 3.95. The SMILES string of the molecule is CCCc1nc(C2(N)CCC(CC)CC2)no1. The van der Waals surface area contributed by atoms with Crippen molar-refractivity contribution in [2.24, 2.45) is 11.7 Å². The topological polar surface area (TPSA) is 64.9 Å². The molecule has 17 heavy (non-hydrogen) atoms. The van der Waals surface area contributed by atoms with Crippen LogP contribution in [0.5, 0.6) is 0 Å². The van der Waals surface area contributed by atoms with Gasteiger partial charge in [-0.15, -0.1) is 0 Å². The van der Waals surface area contributed by atoms with E-state index in [-0.39, 0.29) is 5.54 Å². The first-order chi connectivity index (χ1) is 8.18. The molecule has 0 spiro atoms. The molecular weight excluding hydrogens is 214 g/mol. The van der Waals surface area contributed by atoms with Crippen LogP contribution in [0.15, 0.2) is 4.52 Å². The molecule has 0 aromatic carbocycles.